The Morgan fingerprint density at radius 1 is 1.33 bits per heavy atom. The minimum Gasteiger partial charge on any atom is -0.492 e. The summed E-state index contributed by atoms with van der Waals surface area (Å²) in [5.41, 5.74) is 0.549. The van der Waals surface area contributed by atoms with Crippen molar-refractivity contribution in [3.63, 3.8) is 0 Å². The van der Waals surface area contributed by atoms with Gasteiger partial charge in [0.2, 0.25) is 0 Å². The molecule has 0 saturated heterocycles. The van der Waals surface area contributed by atoms with E-state index in [4.69, 9.17) is 9.84 Å². The molecule has 3 nitrogen and oxygen atoms in total. The number of nitrogens with one attached hydrogen (secondary N) is 1. The molecule has 1 rings (SSSR count). The number of likely N-dealkylation sites (N-methyl/N-ethyl adjacent to an activating group) is 1. The number of aliphatic hydroxyl groups excluding tert-OH is 1. The Balaban J connectivity index is 2.64. The minimum absolute atomic E-state index is 0.00693. The maximum absolute atomic E-state index is 13.1. The van der Waals surface area contributed by atoms with Crippen LogP contribution in [0.4, 0.5) is 8.78 Å². The van der Waals surface area contributed by atoms with E-state index in [1.165, 1.54) is 0 Å². The zero-order valence-electron chi connectivity index (χ0n) is 10.7. The molecular formula is C13H19F2NO2. The van der Waals surface area contributed by atoms with Gasteiger partial charge in [-0.2, -0.15) is 0 Å². The number of hydrogen-bond donors (Lipinski definition) is 2. The first kappa shape index (κ1) is 14.9. The van der Waals surface area contributed by atoms with Gasteiger partial charge in [-0.3, -0.25) is 0 Å². The second kappa shape index (κ2) is 7.28. The van der Waals surface area contributed by atoms with Crippen molar-refractivity contribution in [2.45, 2.75) is 26.3 Å². The van der Waals surface area contributed by atoms with Crippen molar-refractivity contribution in [3.8, 4) is 5.75 Å². The molecule has 0 saturated carbocycles. The lowest BCUT2D eigenvalue weighted by Crippen LogP contribution is -2.35. The van der Waals surface area contributed by atoms with Crippen LogP contribution in [0.15, 0.2) is 12.1 Å². The Kier molecular flexibility index (Phi) is 6.01. The van der Waals surface area contributed by atoms with Crippen molar-refractivity contribution in [1.29, 1.82) is 0 Å². The number of rotatable bonds is 7. The van der Waals surface area contributed by atoms with Crippen molar-refractivity contribution in [3.05, 3.63) is 29.3 Å². The number of benzene rings is 1. The predicted octanol–water partition coefficient (Wildman–Crippen LogP) is 2.01. The summed E-state index contributed by atoms with van der Waals surface area (Å²) < 4.78 is 31.5. The number of hydrogen-bond acceptors (Lipinski definition) is 3. The van der Waals surface area contributed by atoms with Crippen LogP contribution in [0.1, 0.15) is 18.9 Å². The summed E-state index contributed by atoms with van der Waals surface area (Å²) in [6.45, 7) is 4.72. The predicted molar refractivity (Wildman–Crippen MR) is 65.8 cm³/mol. The molecule has 0 aromatic heterocycles. The Morgan fingerprint density at radius 2 is 2.00 bits per heavy atom. The molecule has 1 aromatic carbocycles. The van der Waals surface area contributed by atoms with Crippen molar-refractivity contribution >= 4 is 0 Å². The van der Waals surface area contributed by atoms with E-state index >= 15 is 0 Å². The maximum atomic E-state index is 13.1. The Hall–Kier alpha value is -1.20. The molecule has 0 radical (unpaired) electrons. The molecule has 1 unspecified atom stereocenters. The molecule has 0 bridgehead atoms. The Bertz CT molecular complexity index is 379. The molecule has 102 valence electrons. The monoisotopic (exact) mass is 259 g/mol. The zero-order chi connectivity index (χ0) is 13.5. The average Bonchev–Trinajstić information content (AvgIpc) is 2.32. The van der Waals surface area contributed by atoms with Crippen molar-refractivity contribution in [1.82, 2.24) is 5.32 Å². The molecule has 2 N–H and O–H groups in total. The van der Waals surface area contributed by atoms with Gasteiger partial charge in [-0.1, -0.05) is 6.92 Å². The Labute approximate surface area is 106 Å². The average molecular weight is 259 g/mol. The van der Waals surface area contributed by atoms with E-state index < -0.39 is 11.6 Å². The first-order chi connectivity index (χ1) is 8.58. The molecule has 1 atom stereocenters. The normalized spacial score (nSPS) is 12.5. The molecule has 0 spiro atoms. The lowest BCUT2D eigenvalue weighted by Gasteiger charge is -2.18. The number of ether oxygens (including phenoxy) is 1. The van der Waals surface area contributed by atoms with E-state index in [-0.39, 0.29) is 12.6 Å². The van der Waals surface area contributed by atoms with Crippen LogP contribution < -0.4 is 10.1 Å². The molecule has 0 fully saturated rings. The lowest BCUT2D eigenvalue weighted by molar-refractivity contribution is 0.214. The zero-order valence-corrected chi connectivity index (χ0v) is 10.7. The number of aliphatic hydroxyl groups is 1. The van der Waals surface area contributed by atoms with Crippen LogP contribution in [0.2, 0.25) is 0 Å². The highest BCUT2D eigenvalue weighted by Crippen LogP contribution is 2.21. The van der Waals surface area contributed by atoms with Crippen LogP contribution in [0.3, 0.4) is 0 Å². The highest BCUT2D eigenvalue weighted by atomic mass is 19.2. The van der Waals surface area contributed by atoms with Gasteiger partial charge in [-0.25, -0.2) is 8.78 Å². The second-order valence-corrected chi connectivity index (χ2v) is 4.11. The molecule has 5 heteroatoms. The fourth-order valence-electron chi connectivity index (χ4n) is 1.66. The fraction of sp³-hybridized carbons (Fsp3) is 0.538. The SMILES string of the molecule is CCNC(CCO)COc1cc(F)c(F)cc1C. The van der Waals surface area contributed by atoms with Crippen LogP contribution in [0, 0.1) is 18.6 Å². The summed E-state index contributed by atoms with van der Waals surface area (Å²) in [4.78, 5) is 0. The van der Waals surface area contributed by atoms with Crippen molar-refractivity contribution < 1.29 is 18.6 Å². The summed E-state index contributed by atoms with van der Waals surface area (Å²) in [6, 6.07) is 2.15. The number of aryl methyl sites for hydroxylation is 1. The summed E-state index contributed by atoms with van der Waals surface area (Å²) in [7, 11) is 0. The topological polar surface area (TPSA) is 41.5 Å². The summed E-state index contributed by atoms with van der Waals surface area (Å²) >= 11 is 0. The van der Waals surface area contributed by atoms with E-state index in [1.54, 1.807) is 6.92 Å². The van der Waals surface area contributed by atoms with E-state index in [0.29, 0.717) is 24.3 Å². The molecule has 0 amide bonds. The van der Waals surface area contributed by atoms with Gasteiger partial charge >= 0.3 is 0 Å². The Morgan fingerprint density at radius 3 is 2.61 bits per heavy atom. The van der Waals surface area contributed by atoms with Crippen LogP contribution in [-0.4, -0.2) is 30.9 Å². The van der Waals surface area contributed by atoms with Crippen LogP contribution in [0.25, 0.3) is 0 Å². The molecule has 1 aromatic rings. The van der Waals surface area contributed by atoms with Gasteiger partial charge in [0.25, 0.3) is 0 Å². The third-order valence-corrected chi connectivity index (χ3v) is 2.63. The van der Waals surface area contributed by atoms with Gasteiger partial charge in [0.05, 0.1) is 0 Å². The van der Waals surface area contributed by atoms with Gasteiger partial charge in [-0.05, 0) is 31.5 Å². The first-order valence-corrected chi connectivity index (χ1v) is 6.01. The van der Waals surface area contributed by atoms with E-state index in [0.717, 1.165) is 18.7 Å². The molecule has 0 aliphatic heterocycles. The molecule has 0 heterocycles. The van der Waals surface area contributed by atoms with E-state index in [9.17, 15) is 8.78 Å². The summed E-state index contributed by atoms with van der Waals surface area (Å²) in [5, 5.41) is 12.0. The van der Waals surface area contributed by atoms with Crippen LogP contribution in [-0.2, 0) is 0 Å². The standard InChI is InChI=1S/C13H19F2NO2/c1-3-16-10(4-5-17)8-18-13-7-12(15)11(14)6-9(13)2/h6-7,10,16-17H,3-5,8H2,1-2H3. The lowest BCUT2D eigenvalue weighted by atomic mass is 10.2. The van der Waals surface area contributed by atoms with Crippen LogP contribution in [0.5, 0.6) is 5.75 Å². The van der Waals surface area contributed by atoms with Crippen molar-refractivity contribution in [2.24, 2.45) is 0 Å². The third kappa shape index (κ3) is 4.23. The van der Waals surface area contributed by atoms with Crippen molar-refractivity contribution in [2.75, 3.05) is 19.8 Å². The first-order valence-electron chi connectivity index (χ1n) is 6.01. The maximum Gasteiger partial charge on any atom is 0.162 e. The molecule has 18 heavy (non-hydrogen) atoms. The van der Waals surface area contributed by atoms with E-state index in [1.807, 2.05) is 6.92 Å². The minimum atomic E-state index is -0.919. The number of halogens is 2. The van der Waals surface area contributed by atoms with Gasteiger partial charge in [0, 0.05) is 18.7 Å². The largest absolute Gasteiger partial charge is 0.492 e. The van der Waals surface area contributed by atoms with Gasteiger partial charge in [0.15, 0.2) is 11.6 Å². The van der Waals surface area contributed by atoms with Gasteiger partial charge < -0.3 is 15.2 Å². The van der Waals surface area contributed by atoms with Crippen LogP contribution >= 0.6 is 0 Å². The highest BCUT2D eigenvalue weighted by molar-refractivity contribution is 5.33. The quantitative estimate of drug-likeness (QED) is 0.787. The van der Waals surface area contributed by atoms with Gasteiger partial charge in [-0.15, -0.1) is 0 Å². The molecule has 0 aliphatic rings. The fourth-order valence-corrected chi connectivity index (χ4v) is 1.66. The van der Waals surface area contributed by atoms with E-state index in [2.05, 4.69) is 5.32 Å². The summed E-state index contributed by atoms with van der Waals surface area (Å²) in [6.07, 6.45) is 0.552. The molecule has 0 aliphatic carbocycles. The smallest absolute Gasteiger partial charge is 0.162 e. The second-order valence-electron chi connectivity index (χ2n) is 4.11. The third-order valence-electron chi connectivity index (χ3n) is 2.63. The van der Waals surface area contributed by atoms with Gasteiger partial charge in [0.1, 0.15) is 12.4 Å². The summed E-state index contributed by atoms with van der Waals surface area (Å²) in [5.74, 6) is -1.47. The highest BCUT2D eigenvalue weighted by Gasteiger charge is 2.11. The molecular weight excluding hydrogens is 240 g/mol.